The Morgan fingerprint density at radius 2 is 1.88 bits per heavy atom. The van der Waals surface area contributed by atoms with Crippen LogP contribution in [-0.2, 0) is 11.2 Å². The van der Waals surface area contributed by atoms with E-state index in [1.165, 1.54) is 0 Å². The zero-order valence-electron chi connectivity index (χ0n) is 14.9. The molecule has 0 aliphatic heterocycles. The third-order valence-corrected chi connectivity index (χ3v) is 3.20. The number of ether oxygens (including phenoxy) is 1. The molecule has 0 saturated heterocycles. The average Bonchev–Trinajstić information content (AvgIpc) is 2.53. The number of hydrogen-bond acceptors (Lipinski definition) is 3. The summed E-state index contributed by atoms with van der Waals surface area (Å²) in [6.45, 7) is 5.18. The van der Waals surface area contributed by atoms with E-state index in [1.807, 2.05) is 38.1 Å². The largest absolute Gasteiger partial charge is 0.496 e. The van der Waals surface area contributed by atoms with E-state index in [0.29, 0.717) is 18.9 Å². The summed E-state index contributed by atoms with van der Waals surface area (Å²) in [5.74, 6) is 1.62. The number of nitrogens with zero attached hydrogens (tertiary/aromatic N) is 1. The number of halogens is 1. The van der Waals surface area contributed by atoms with Crippen LogP contribution in [-0.4, -0.2) is 45.2 Å². The van der Waals surface area contributed by atoms with Gasteiger partial charge in [0.2, 0.25) is 5.91 Å². The zero-order valence-corrected chi connectivity index (χ0v) is 17.2. The maximum absolute atomic E-state index is 11.6. The van der Waals surface area contributed by atoms with Gasteiger partial charge in [-0.25, -0.2) is 0 Å². The molecule has 0 heterocycles. The Balaban J connectivity index is 0.00000529. The van der Waals surface area contributed by atoms with Crippen LogP contribution in [0.15, 0.2) is 29.3 Å². The van der Waals surface area contributed by atoms with E-state index < -0.39 is 0 Å². The molecule has 1 rings (SSSR count). The summed E-state index contributed by atoms with van der Waals surface area (Å²) in [5, 5.41) is 9.23. The molecule has 6 nitrogen and oxygen atoms in total. The first kappa shape index (κ1) is 22.5. The van der Waals surface area contributed by atoms with E-state index in [1.54, 1.807) is 14.2 Å². The highest BCUT2D eigenvalue weighted by Gasteiger charge is 2.05. The molecule has 0 unspecified atom stereocenters. The van der Waals surface area contributed by atoms with Gasteiger partial charge in [-0.15, -0.1) is 24.0 Å². The van der Waals surface area contributed by atoms with Crippen molar-refractivity contribution < 1.29 is 9.53 Å². The molecule has 0 fully saturated rings. The number of carbonyl (C=O) groups excluding carboxylic acids is 1. The molecular weight excluding hydrogens is 419 g/mol. The van der Waals surface area contributed by atoms with Crippen LogP contribution >= 0.6 is 24.0 Å². The smallest absolute Gasteiger partial charge is 0.221 e. The number of para-hydroxylation sites is 1. The molecule has 0 aliphatic rings. The minimum absolute atomic E-state index is 0. The number of hydrogen-bond donors (Lipinski definition) is 3. The molecular formula is C17H29IN4O2. The first-order valence-electron chi connectivity index (χ1n) is 7.92. The highest BCUT2D eigenvalue weighted by molar-refractivity contribution is 14.0. The fourth-order valence-electron chi connectivity index (χ4n) is 2.13. The van der Waals surface area contributed by atoms with Crippen LogP contribution in [0.4, 0.5) is 0 Å². The van der Waals surface area contributed by atoms with Gasteiger partial charge in [0.05, 0.1) is 7.11 Å². The Labute approximate surface area is 161 Å². The second-order valence-electron chi connectivity index (χ2n) is 5.46. The summed E-state index contributed by atoms with van der Waals surface area (Å²) < 4.78 is 5.33. The first-order valence-corrected chi connectivity index (χ1v) is 7.92. The van der Waals surface area contributed by atoms with Crippen LogP contribution in [0.5, 0.6) is 5.75 Å². The first-order chi connectivity index (χ1) is 11.1. The minimum atomic E-state index is 0. The van der Waals surface area contributed by atoms with Crippen molar-refractivity contribution in [2.45, 2.75) is 32.7 Å². The van der Waals surface area contributed by atoms with Crippen LogP contribution in [0, 0.1) is 0 Å². The summed E-state index contributed by atoms with van der Waals surface area (Å²) in [5.41, 5.74) is 1.15. The van der Waals surface area contributed by atoms with Crippen molar-refractivity contribution in [3.05, 3.63) is 29.8 Å². The third kappa shape index (κ3) is 8.95. The fraction of sp³-hybridized carbons (Fsp3) is 0.529. The fourth-order valence-corrected chi connectivity index (χ4v) is 2.13. The molecule has 24 heavy (non-hydrogen) atoms. The molecule has 0 bridgehead atoms. The minimum Gasteiger partial charge on any atom is -0.496 e. The van der Waals surface area contributed by atoms with Crippen molar-refractivity contribution in [1.29, 1.82) is 0 Å². The van der Waals surface area contributed by atoms with E-state index in [2.05, 4.69) is 20.9 Å². The lowest BCUT2D eigenvalue weighted by molar-refractivity contribution is -0.121. The predicted octanol–water partition coefficient (Wildman–Crippen LogP) is 1.94. The Morgan fingerprint density at radius 3 is 2.50 bits per heavy atom. The molecule has 1 amide bonds. The molecule has 0 saturated carbocycles. The normalized spacial score (nSPS) is 10.8. The number of nitrogens with one attached hydrogen (secondary N) is 3. The molecule has 1 aromatic rings. The van der Waals surface area contributed by atoms with Gasteiger partial charge in [-0.1, -0.05) is 18.2 Å². The Bertz CT molecular complexity index is 521. The Morgan fingerprint density at radius 1 is 1.21 bits per heavy atom. The van der Waals surface area contributed by atoms with E-state index in [-0.39, 0.29) is 35.9 Å². The van der Waals surface area contributed by atoms with Gasteiger partial charge >= 0.3 is 0 Å². The van der Waals surface area contributed by atoms with E-state index in [0.717, 1.165) is 24.3 Å². The van der Waals surface area contributed by atoms with E-state index in [4.69, 9.17) is 4.74 Å². The van der Waals surface area contributed by atoms with Gasteiger partial charge in [-0.05, 0) is 31.9 Å². The van der Waals surface area contributed by atoms with Crippen LogP contribution < -0.4 is 20.7 Å². The molecule has 3 N–H and O–H groups in total. The Hall–Kier alpha value is -1.51. The molecule has 0 aromatic heterocycles. The van der Waals surface area contributed by atoms with E-state index >= 15 is 0 Å². The standard InChI is InChI=1S/C17H28N4O2.HI/c1-13(2)21-16(22)10-12-20-17(18-3)19-11-9-14-7-5-6-8-15(14)23-4;/h5-8,13H,9-12H2,1-4H3,(H,21,22)(H2,18,19,20);1H. The maximum atomic E-state index is 11.6. The van der Waals surface area contributed by atoms with Gasteiger partial charge in [0.25, 0.3) is 0 Å². The Kier molecular flexibility index (Phi) is 12.0. The molecule has 1 aromatic carbocycles. The van der Waals surface area contributed by atoms with Crippen molar-refractivity contribution >= 4 is 35.8 Å². The lowest BCUT2D eigenvalue weighted by Crippen LogP contribution is -2.40. The predicted molar refractivity (Wildman–Crippen MR) is 109 cm³/mol. The van der Waals surface area contributed by atoms with Crippen LogP contribution in [0.2, 0.25) is 0 Å². The van der Waals surface area contributed by atoms with Crippen molar-refractivity contribution in [2.75, 3.05) is 27.2 Å². The van der Waals surface area contributed by atoms with Gasteiger partial charge in [-0.3, -0.25) is 9.79 Å². The molecule has 7 heteroatoms. The lowest BCUT2D eigenvalue weighted by atomic mass is 10.1. The highest BCUT2D eigenvalue weighted by atomic mass is 127. The summed E-state index contributed by atoms with van der Waals surface area (Å²) in [6, 6.07) is 8.13. The number of rotatable bonds is 8. The lowest BCUT2D eigenvalue weighted by Gasteiger charge is -2.13. The number of amides is 1. The second kappa shape index (κ2) is 12.9. The van der Waals surface area contributed by atoms with Gasteiger partial charge in [-0.2, -0.15) is 0 Å². The monoisotopic (exact) mass is 448 g/mol. The van der Waals surface area contributed by atoms with E-state index in [9.17, 15) is 4.79 Å². The molecule has 0 spiro atoms. The maximum Gasteiger partial charge on any atom is 0.221 e. The van der Waals surface area contributed by atoms with Gasteiger partial charge < -0.3 is 20.7 Å². The highest BCUT2D eigenvalue weighted by Crippen LogP contribution is 2.17. The number of methoxy groups -OCH3 is 1. The van der Waals surface area contributed by atoms with Gasteiger partial charge in [0.15, 0.2) is 5.96 Å². The molecule has 0 radical (unpaired) electrons. The van der Waals surface area contributed by atoms with Crippen LogP contribution in [0.1, 0.15) is 25.8 Å². The number of aliphatic imine (C=N–C) groups is 1. The average molecular weight is 448 g/mol. The van der Waals surface area contributed by atoms with Crippen LogP contribution in [0.25, 0.3) is 0 Å². The number of benzene rings is 1. The number of carbonyl (C=O) groups is 1. The number of guanidine groups is 1. The van der Waals surface area contributed by atoms with Crippen LogP contribution in [0.3, 0.4) is 0 Å². The zero-order chi connectivity index (χ0) is 17.1. The van der Waals surface area contributed by atoms with Crippen molar-refractivity contribution in [1.82, 2.24) is 16.0 Å². The van der Waals surface area contributed by atoms with Gasteiger partial charge in [0, 0.05) is 32.6 Å². The van der Waals surface area contributed by atoms with Crippen molar-refractivity contribution in [3.8, 4) is 5.75 Å². The van der Waals surface area contributed by atoms with Gasteiger partial charge in [0.1, 0.15) is 5.75 Å². The quantitative estimate of drug-likeness (QED) is 0.323. The summed E-state index contributed by atoms with van der Waals surface area (Å²) >= 11 is 0. The molecule has 0 atom stereocenters. The second-order valence-corrected chi connectivity index (χ2v) is 5.46. The summed E-state index contributed by atoms with van der Waals surface area (Å²) in [6.07, 6.45) is 1.25. The third-order valence-electron chi connectivity index (χ3n) is 3.20. The summed E-state index contributed by atoms with van der Waals surface area (Å²) in [4.78, 5) is 15.7. The topological polar surface area (TPSA) is 74.8 Å². The summed E-state index contributed by atoms with van der Waals surface area (Å²) in [7, 11) is 3.39. The van der Waals surface area contributed by atoms with Crippen molar-refractivity contribution in [3.63, 3.8) is 0 Å². The SMILES string of the molecule is CN=C(NCCC(=O)NC(C)C)NCCc1ccccc1OC.I. The molecule has 136 valence electrons. The van der Waals surface area contributed by atoms with Crippen molar-refractivity contribution in [2.24, 2.45) is 4.99 Å². The molecule has 0 aliphatic carbocycles.